The van der Waals surface area contributed by atoms with Gasteiger partial charge in [0, 0.05) is 18.4 Å². The Kier molecular flexibility index (Phi) is 3.15. The van der Waals surface area contributed by atoms with Gasteiger partial charge in [0.15, 0.2) is 0 Å². The highest BCUT2D eigenvalue weighted by molar-refractivity contribution is 5.86. The second-order valence-electron chi connectivity index (χ2n) is 5.69. The van der Waals surface area contributed by atoms with Gasteiger partial charge in [0.25, 0.3) is 0 Å². The average Bonchev–Trinajstić information content (AvgIpc) is 2.44. The molecule has 0 saturated heterocycles. The molecular weight excluding hydrogens is 186 g/mol. The number of hydrogen-bond donors (Lipinski definition) is 0. The van der Waals surface area contributed by atoms with Gasteiger partial charge in [-0.05, 0) is 38.8 Å². The molecule has 0 spiro atoms. The number of ketones is 1. The van der Waals surface area contributed by atoms with E-state index in [2.05, 4.69) is 25.9 Å². The third-order valence-electron chi connectivity index (χ3n) is 4.42. The molecule has 86 valence electrons. The second kappa shape index (κ2) is 4.25. The fourth-order valence-corrected chi connectivity index (χ4v) is 3.62. The molecule has 0 N–H and O–H groups in total. The van der Waals surface area contributed by atoms with Crippen molar-refractivity contribution in [2.45, 2.75) is 32.6 Å². The molecule has 0 aromatic rings. The maximum atomic E-state index is 12.3. The SMILES string of the molecule is CC1C(CN(C)C)C(=O)C2CCCCC21. The molecule has 2 rings (SSSR count). The van der Waals surface area contributed by atoms with Gasteiger partial charge >= 0.3 is 0 Å². The van der Waals surface area contributed by atoms with Crippen molar-refractivity contribution < 1.29 is 4.79 Å². The van der Waals surface area contributed by atoms with Crippen LogP contribution in [0.2, 0.25) is 0 Å². The van der Waals surface area contributed by atoms with Crippen LogP contribution in [0.25, 0.3) is 0 Å². The van der Waals surface area contributed by atoms with E-state index in [1.807, 2.05) is 0 Å². The minimum absolute atomic E-state index is 0.313. The number of carbonyl (C=O) groups is 1. The molecule has 4 atom stereocenters. The van der Waals surface area contributed by atoms with Gasteiger partial charge in [-0.15, -0.1) is 0 Å². The minimum Gasteiger partial charge on any atom is -0.309 e. The first-order valence-electron chi connectivity index (χ1n) is 6.29. The van der Waals surface area contributed by atoms with Gasteiger partial charge in [0.1, 0.15) is 5.78 Å². The first kappa shape index (κ1) is 11.1. The van der Waals surface area contributed by atoms with E-state index < -0.39 is 0 Å². The summed E-state index contributed by atoms with van der Waals surface area (Å²) < 4.78 is 0. The molecule has 0 bridgehead atoms. The Bertz CT molecular complexity index is 249. The molecule has 15 heavy (non-hydrogen) atoms. The summed E-state index contributed by atoms with van der Waals surface area (Å²) >= 11 is 0. The van der Waals surface area contributed by atoms with Crippen LogP contribution in [-0.4, -0.2) is 31.3 Å². The Labute approximate surface area is 93.0 Å². The first-order chi connectivity index (χ1) is 7.11. The van der Waals surface area contributed by atoms with E-state index in [4.69, 9.17) is 0 Å². The molecular formula is C13H23NO. The van der Waals surface area contributed by atoms with Gasteiger partial charge in [-0.1, -0.05) is 19.8 Å². The van der Waals surface area contributed by atoms with E-state index in [9.17, 15) is 4.79 Å². The van der Waals surface area contributed by atoms with Crippen LogP contribution >= 0.6 is 0 Å². The average molecular weight is 209 g/mol. The number of hydrogen-bond acceptors (Lipinski definition) is 2. The van der Waals surface area contributed by atoms with Gasteiger partial charge in [-0.2, -0.15) is 0 Å². The first-order valence-corrected chi connectivity index (χ1v) is 6.29. The molecule has 0 amide bonds. The normalized spacial score (nSPS) is 40.9. The predicted molar refractivity (Wildman–Crippen MR) is 61.7 cm³/mol. The lowest BCUT2D eigenvalue weighted by Crippen LogP contribution is -2.28. The highest BCUT2D eigenvalue weighted by atomic mass is 16.1. The zero-order valence-electron chi connectivity index (χ0n) is 10.2. The van der Waals surface area contributed by atoms with Crippen LogP contribution in [0.4, 0.5) is 0 Å². The third-order valence-corrected chi connectivity index (χ3v) is 4.42. The quantitative estimate of drug-likeness (QED) is 0.695. The fourth-order valence-electron chi connectivity index (χ4n) is 3.62. The molecule has 0 aliphatic heterocycles. The molecule has 2 aliphatic rings. The van der Waals surface area contributed by atoms with Crippen LogP contribution in [0.1, 0.15) is 32.6 Å². The molecule has 2 heteroatoms. The monoisotopic (exact) mass is 209 g/mol. The Balaban J connectivity index is 2.10. The lowest BCUT2D eigenvalue weighted by Gasteiger charge is -2.26. The number of fused-ring (bicyclic) bond motifs is 1. The largest absolute Gasteiger partial charge is 0.309 e. The number of nitrogens with zero attached hydrogens (tertiary/aromatic N) is 1. The van der Waals surface area contributed by atoms with Gasteiger partial charge in [0.05, 0.1) is 0 Å². The molecule has 2 aliphatic carbocycles. The van der Waals surface area contributed by atoms with Crippen molar-refractivity contribution in [1.29, 1.82) is 0 Å². The van der Waals surface area contributed by atoms with E-state index >= 15 is 0 Å². The summed E-state index contributed by atoms with van der Waals surface area (Å²) in [4.78, 5) is 14.4. The van der Waals surface area contributed by atoms with Crippen LogP contribution in [0.5, 0.6) is 0 Å². The zero-order chi connectivity index (χ0) is 11.0. The maximum Gasteiger partial charge on any atom is 0.140 e. The zero-order valence-corrected chi connectivity index (χ0v) is 10.2. The number of Topliss-reactive ketones (excluding diaryl/α,β-unsaturated/α-hetero) is 1. The Morgan fingerprint density at radius 2 is 1.93 bits per heavy atom. The summed E-state index contributed by atoms with van der Waals surface area (Å²) in [5.41, 5.74) is 0. The molecule has 0 radical (unpaired) electrons. The van der Waals surface area contributed by atoms with Crippen molar-refractivity contribution in [3.05, 3.63) is 0 Å². The predicted octanol–water partition coefficient (Wildman–Crippen LogP) is 2.19. The number of rotatable bonds is 2. The smallest absolute Gasteiger partial charge is 0.140 e. The van der Waals surface area contributed by atoms with Crippen molar-refractivity contribution in [3.63, 3.8) is 0 Å². The molecule has 4 unspecified atom stereocenters. The van der Waals surface area contributed by atoms with Crippen molar-refractivity contribution in [2.75, 3.05) is 20.6 Å². The van der Waals surface area contributed by atoms with E-state index in [-0.39, 0.29) is 0 Å². The second-order valence-corrected chi connectivity index (χ2v) is 5.69. The Morgan fingerprint density at radius 3 is 2.53 bits per heavy atom. The van der Waals surface area contributed by atoms with E-state index in [0.717, 1.165) is 13.0 Å². The standard InChI is InChI=1S/C13H23NO/c1-9-10-6-4-5-7-11(10)13(15)12(9)8-14(2)3/h9-12H,4-8H2,1-3H3. The molecule has 2 fully saturated rings. The van der Waals surface area contributed by atoms with E-state index in [0.29, 0.717) is 29.5 Å². The number of carbonyl (C=O) groups excluding carboxylic acids is 1. The molecule has 0 aromatic carbocycles. The van der Waals surface area contributed by atoms with Crippen LogP contribution in [0, 0.1) is 23.7 Å². The summed E-state index contributed by atoms with van der Waals surface area (Å²) in [7, 11) is 4.14. The van der Waals surface area contributed by atoms with Gasteiger partial charge in [0.2, 0.25) is 0 Å². The molecule has 2 saturated carbocycles. The lowest BCUT2D eigenvalue weighted by molar-refractivity contribution is -0.125. The summed E-state index contributed by atoms with van der Waals surface area (Å²) in [6, 6.07) is 0. The van der Waals surface area contributed by atoms with Crippen LogP contribution in [-0.2, 0) is 4.79 Å². The highest BCUT2D eigenvalue weighted by Crippen LogP contribution is 2.46. The summed E-state index contributed by atoms with van der Waals surface area (Å²) in [5.74, 6) is 2.62. The summed E-state index contributed by atoms with van der Waals surface area (Å²) in [6.07, 6.45) is 5.07. The minimum atomic E-state index is 0.313. The van der Waals surface area contributed by atoms with E-state index in [1.165, 1.54) is 19.3 Å². The van der Waals surface area contributed by atoms with Crippen LogP contribution in [0.15, 0.2) is 0 Å². The third kappa shape index (κ3) is 1.96. The van der Waals surface area contributed by atoms with Gasteiger partial charge < -0.3 is 4.90 Å². The van der Waals surface area contributed by atoms with Gasteiger partial charge in [-0.25, -0.2) is 0 Å². The lowest BCUT2D eigenvalue weighted by atomic mass is 9.78. The Hall–Kier alpha value is -0.370. The van der Waals surface area contributed by atoms with Crippen molar-refractivity contribution >= 4 is 5.78 Å². The van der Waals surface area contributed by atoms with Crippen LogP contribution in [0.3, 0.4) is 0 Å². The molecule has 0 heterocycles. The maximum absolute atomic E-state index is 12.3. The Morgan fingerprint density at radius 1 is 1.27 bits per heavy atom. The highest BCUT2D eigenvalue weighted by Gasteiger charge is 2.47. The summed E-state index contributed by atoms with van der Waals surface area (Å²) in [5, 5.41) is 0. The van der Waals surface area contributed by atoms with Crippen molar-refractivity contribution in [1.82, 2.24) is 4.90 Å². The molecule has 0 aromatic heterocycles. The topological polar surface area (TPSA) is 20.3 Å². The van der Waals surface area contributed by atoms with Gasteiger partial charge in [-0.3, -0.25) is 4.79 Å². The van der Waals surface area contributed by atoms with E-state index in [1.54, 1.807) is 0 Å². The molecule has 2 nitrogen and oxygen atoms in total. The van der Waals surface area contributed by atoms with Crippen LogP contribution < -0.4 is 0 Å². The fraction of sp³-hybridized carbons (Fsp3) is 0.923. The summed E-state index contributed by atoms with van der Waals surface area (Å²) in [6.45, 7) is 3.25. The van der Waals surface area contributed by atoms with Crippen molar-refractivity contribution in [3.8, 4) is 0 Å². The van der Waals surface area contributed by atoms with Crippen molar-refractivity contribution in [2.24, 2.45) is 23.7 Å².